The molecule has 0 spiro atoms. The fraction of sp³-hybridized carbons (Fsp3) is 0.346. The fourth-order valence-corrected chi connectivity index (χ4v) is 4.09. The summed E-state index contributed by atoms with van der Waals surface area (Å²) >= 11 is 0. The Morgan fingerprint density at radius 3 is 2.44 bits per heavy atom. The van der Waals surface area contributed by atoms with E-state index in [0.29, 0.717) is 34.7 Å². The van der Waals surface area contributed by atoms with Crippen LogP contribution < -0.4 is 9.47 Å². The number of esters is 1. The molecule has 34 heavy (non-hydrogen) atoms. The minimum absolute atomic E-state index is 0.00334. The Labute approximate surface area is 199 Å². The van der Waals surface area contributed by atoms with Crippen LogP contribution in [-0.2, 0) is 14.4 Å². The van der Waals surface area contributed by atoms with Gasteiger partial charge < -0.3 is 24.4 Å². The minimum Gasteiger partial charge on any atom is -0.507 e. The van der Waals surface area contributed by atoms with Crippen molar-refractivity contribution in [3.8, 4) is 11.5 Å². The van der Waals surface area contributed by atoms with E-state index in [9.17, 15) is 19.5 Å². The zero-order chi connectivity index (χ0) is 25.2. The molecule has 1 heterocycles. The van der Waals surface area contributed by atoms with Crippen LogP contribution in [0.1, 0.15) is 35.2 Å². The highest BCUT2D eigenvalue weighted by molar-refractivity contribution is 6.46. The van der Waals surface area contributed by atoms with Gasteiger partial charge >= 0.3 is 5.97 Å². The number of likely N-dealkylation sites (tertiary alicyclic amines) is 1. The van der Waals surface area contributed by atoms with Crippen LogP contribution in [0.5, 0.6) is 11.5 Å². The average molecular weight is 467 g/mol. The monoisotopic (exact) mass is 466 g/mol. The smallest absolute Gasteiger partial charge is 0.308 e. The Kier molecular flexibility index (Phi) is 7.41. The standard InChI is InChI=1S/C26H30N2O6/c1-15-13-21(33-6)16(2)12-20(15)24(30)22-23(18-8-7-9-19(14-18)34-17(3)29)28(11-10-27(4)5)26(32)25(22)31/h7-9,12-14,23,30H,10-11H2,1-6H3/b24-22+. The van der Waals surface area contributed by atoms with Gasteiger partial charge in [0.25, 0.3) is 11.7 Å². The van der Waals surface area contributed by atoms with Gasteiger partial charge in [0.15, 0.2) is 0 Å². The van der Waals surface area contributed by atoms with E-state index in [4.69, 9.17) is 9.47 Å². The maximum atomic E-state index is 13.2. The molecule has 3 rings (SSSR count). The summed E-state index contributed by atoms with van der Waals surface area (Å²) in [6.45, 7) is 5.73. The van der Waals surface area contributed by atoms with Crippen molar-refractivity contribution in [1.29, 1.82) is 0 Å². The van der Waals surface area contributed by atoms with Crippen LogP contribution in [0.2, 0.25) is 0 Å². The van der Waals surface area contributed by atoms with Crippen molar-refractivity contribution < 1.29 is 29.0 Å². The number of aryl methyl sites for hydroxylation is 2. The normalized spacial score (nSPS) is 17.4. The number of ketones is 1. The first kappa shape index (κ1) is 25.0. The van der Waals surface area contributed by atoms with Crippen LogP contribution in [0.25, 0.3) is 5.76 Å². The molecule has 1 amide bonds. The molecule has 1 fully saturated rings. The lowest BCUT2D eigenvalue weighted by atomic mass is 9.93. The zero-order valence-electron chi connectivity index (χ0n) is 20.3. The molecule has 0 aliphatic carbocycles. The number of benzene rings is 2. The molecular formula is C26H30N2O6. The van der Waals surface area contributed by atoms with Crippen molar-refractivity contribution in [1.82, 2.24) is 9.80 Å². The lowest BCUT2D eigenvalue weighted by Crippen LogP contribution is -2.35. The van der Waals surface area contributed by atoms with E-state index in [2.05, 4.69) is 0 Å². The second kappa shape index (κ2) is 10.1. The third-order valence-electron chi connectivity index (χ3n) is 5.76. The summed E-state index contributed by atoms with van der Waals surface area (Å²) in [5.41, 5.74) is 2.49. The first-order valence-electron chi connectivity index (χ1n) is 10.9. The molecule has 1 aliphatic rings. The summed E-state index contributed by atoms with van der Waals surface area (Å²) in [6.07, 6.45) is 0. The molecule has 0 saturated carbocycles. The number of nitrogens with zero attached hydrogens (tertiary/aromatic N) is 2. The van der Waals surface area contributed by atoms with Gasteiger partial charge in [0.2, 0.25) is 0 Å². The van der Waals surface area contributed by atoms with Gasteiger partial charge in [-0.05, 0) is 68.9 Å². The lowest BCUT2D eigenvalue weighted by Gasteiger charge is -2.27. The van der Waals surface area contributed by atoms with Gasteiger partial charge in [-0.25, -0.2) is 0 Å². The molecule has 0 radical (unpaired) electrons. The molecule has 0 aromatic heterocycles. The number of carbonyl (C=O) groups is 3. The van der Waals surface area contributed by atoms with Gasteiger partial charge in [-0.1, -0.05) is 12.1 Å². The van der Waals surface area contributed by atoms with Crippen molar-refractivity contribution in [2.75, 3.05) is 34.3 Å². The number of rotatable bonds is 7. The SMILES string of the molecule is COc1cc(C)c(/C(O)=C2\C(=O)C(=O)N(CCN(C)C)C2c2cccc(OC(C)=O)c2)cc1C. The number of carbonyl (C=O) groups excluding carboxylic acids is 3. The number of ether oxygens (including phenoxy) is 2. The van der Waals surface area contributed by atoms with E-state index in [1.807, 2.05) is 25.9 Å². The second-order valence-electron chi connectivity index (χ2n) is 8.60. The van der Waals surface area contributed by atoms with E-state index in [1.54, 1.807) is 50.4 Å². The number of aliphatic hydroxyl groups is 1. The number of hydrogen-bond donors (Lipinski definition) is 1. The number of aliphatic hydroxyl groups excluding tert-OH is 1. The Morgan fingerprint density at radius 2 is 1.82 bits per heavy atom. The van der Waals surface area contributed by atoms with Crippen molar-refractivity contribution in [3.05, 3.63) is 64.2 Å². The number of likely N-dealkylation sites (N-methyl/N-ethyl adjacent to an activating group) is 1. The topological polar surface area (TPSA) is 96.4 Å². The van der Waals surface area contributed by atoms with Gasteiger partial charge in [0.05, 0.1) is 18.7 Å². The van der Waals surface area contributed by atoms with E-state index in [-0.39, 0.29) is 17.9 Å². The summed E-state index contributed by atoms with van der Waals surface area (Å²) in [7, 11) is 5.31. The highest BCUT2D eigenvalue weighted by Gasteiger charge is 2.46. The second-order valence-corrected chi connectivity index (χ2v) is 8.60. The van der Waals surface area contributed by atoms with Crippen LogP contribution in [0, 0.1) is 13.8 Å². The number of amides is 1. The quantitative estimate of drug-likeness (QED) is 0.220. The molecule has 8 nitrogen and oxygen atoms in total. The van der Waals surface area contributed by atoms with Crippen LogP contribution in [0.4, 0.5) is 0 Å². The summed E-state index contributed by atoms with van der Waals surface area (Å²) < 4.78 is 10.6. The van der Waals surface area contributed by atoms with Crippen LogP contribution >= 0.6 is 0 Å². The molecule has 2 aromatic rings. The Hall–Kier alpha value is -3.65. The van der Waals surface area contributed by atoms with E-state index in [0.717, 1.165) is 5.56 Å². The molecule has 180 valence electrons. The number of hydrogen-bond acceptors (Lipinski definition) is 7. The van der Waals surface area contributed by atoms with Crippen molar-refractivity contribution in [3.63, 3.8) is 0 Å². The molecule has 2 aromatic carbocycles. The van der Waals surface area contributed by atoms with Crippen LogP contribution in [-0.4, -0.2) is 66.9 Å². The highest BCUT2D eigenvalue weighted by Crippen LogP contribution is 2.41. The molecule has 1 N–H and O–H groups in total. The average Bonchev–Trinajstić information content (AvgIpc) is 3.03. The predicted octanol–water partition coefficient (Wildman–Crippen LogP) is 3.22. The van der Waals surface area contributed by atoms with Crippen molar-refractivity contribution in [2.45, 2.75) is 26.8 Å². The predicted molar refractivity (Wildman–Crippen MR) is 128 cm³/mol. The van der Waals surface area contributed by atoms with Crippen LogP contribution in [0.15, 0.2) is 42.0 Å². The van der Waals surface area contributed by atoms with E-state index in [1.165, 1.54) is 11.8 Å². The van der Waals surface area contributed by atoms with Gasteiger partial charge in [-0.2, -0.15) is 0 Å². The Morgan fingerprint density at radius 1 is 1.12 bits per heavy atom. The number of Topliss-reactive ketones (excluding diaryl/α,β-unsaturated/α-hetero) is 1. The molecule has 1 saturated heterocycles. The molecule has 0 bridgehead atoms. The number of methoxy groups -OCH3 is 1. The third kappa shape index (κ3) is 4.97. The largest absolute Gasteiger partial charge is 0.507 e. The van der Waals surface area contributed by atoms with Gasteiger partial charge in [-0.15, -0.1) is 0 Å². The third-order valence-corrected chi connectivity index (χ3v) is 5.76. The molecule has 1 unspecified atom stereocenters. The van der Waals surface area contributed by atoms with Crippen molar-refractivity contribution >= 4 is 23.4 Å². The zero-order valence-corrected chi connectivity index (χ0v) is 20.3. The van der Waals surface area contributed by atoms with Crippen molar-refractivity contribution in [2.24, 2.45) is 0 Å². The summed E-state index contributed by atoms with van der Waals surface area (Å²) in [4.78, 5) is 41.1. The maximum Gasteiger partial charge on any atom is 0.308 e. The maximum absolute atomic E-state index is 13.2. The summed E-state index contributed by atoms with van der Waals surface area (Å²) in [6, 6.07) is 9.34. The molecule has 1 aliphatic heterocycles. The fourth-order valence-electron chi connectivity index (χ4n) is 4.09. The molecule has 8 heteroatoms. The Balaban J connectivity index is 2.21. The van der Waals surface area contributed by atoms with E-state index < -0.39 is 23.7 Å². The molecular weight excluding hydrogens is 436 g/mol. The summed E-state index contributed by atoms with van der Waals surface area (Å²) in [5.74, 6) is -1.23. The van der Waals surface area contributed by atoms with E-state index >= 15 is 0 Å². The first-order valence-corrected chi connectivity index (χ1v) is 10.9. The van der Waals surface area contributed by atoms with Gasteiger partial charge in [-0.3, -0.25) is 14.4 Å². The lowest BCUT2D eigenvalue weighted by molar-refractivity contribution is -0.140. The summed E-state index contributed by atoms with van der Waals surface area (Å²) in [5, 5.41) is 11.4. The minimum atomic E-state index is -0.836. The van der Waals surface area contributed by atoms with Gasteiger partial charge in [0.1, 0.15) is 17.3 Å². The Bertz CT molecular complexity index is 1170. The first-order chi connectivity index (χ1) is 16.0. The highest BCUT2D eigenvalue weighted by atomic mass is 16.5. The van der Waals surface area contributed by atoms with Crippen LogP contribution in [0.3, 0.4) is 0 Å². The van der Waals surface area contributed by atoms with Gasteiger partial charge in [0, 0.05) is 25.6 Å². The molecule has 1 atom stereocenters.